The highest BCUT2D eigenvalue weighted by Gasteiger charge is 2.46. The van der Waals surface area contributed by atoms with Crippen molar-refractivity contribution in [2.24, 2.45) is 0 Å². The maximum absolute atomic E-state index is 11.9. The van der Waals surface area contributed by atoms with Crippen molar-refractivity contribution in [3.05, 3.63) is 24.3 Å². The van der Waals surface area contributed by atoms with Gasteiger partial charge in [0.25, 0.3) is 0 Å². The Kier molecular flexibility index (Phi) is 4.67. The molecule has 7 heteroatoms. The van der Waals surface area contributed by atoms with Crippen LogP contribution in [0, 0.1) is 0 Å². The van der Waals surface area contributed by atoms with E-state index in [9.17, 15) is 9.90 Å². The molecule has 1 aromatic carbocycles. The molecule has 26 heavy (non-hydrogen) atoms. The Hall–Kier alpha value is -1.99. The van der Waals surface area contributed by atoms with Crippen LogP contribution >= 0.6 is 0 Å². The van der Waals surface area contributed by atoms with Gasteiger partial charge in [-0.3, -0.25) is 0 Å². The number of carbonyl (C=O) groups excluding carboxylic acids is 1. The molecule has 2 fully saturated rings. The van der Waals surface area contributed by atoms with E-state index in [1.54, 1.807) is 4.90 Å². The Morgan fingerprint density at radius 3 is 2.69 bits per heavy atom. The van der Waals surface area contributed by atoms with Crippen molar-refractivity contribution in [2.45, 2.75) is 37.6 Å². The molecular weight excluding hydrogens is 336 g/mol. The Balaban J connectivity index is 1.29. The minimum absolute atomic E-state index is 0.201. The Morgan fingerprint density at radius 2 is 2.00 bits per heavy atom. The number of aliphatic hydroxyl groups is 1. The van der Waals surface area contributed by atoms with Crippen LogP contribution in [0.1, 0.15) is 19.8 Å². The SMILES string of the molecule is CCN1CC2(CCN(CC(O)C3COc4ccccc4O3)CC2)OC1=O. The first-order valence-electron chi connectivity index (χ1n) is 9.35. The molecule has 1 spiro atoms. The lowest BCUT2D eigenvalue weighted by molar-refractivity contribution is -0.0451. The molecule has 0 saturated carbocycles. The summed E-state index contributed by atoms with van der Waals surface area (Å²) in [5, 5.41) is 10.6. The Bertz CT molecular complexity index is 659. The number of likely N-dealkylation sites (tertiary alicyclic amines) is 1. The van der Waals surface area contributed by atoms with Gasteiger partial charge in [-0.1, -0.05) is 12.1 Å². The van der Waals surface area contributed by atoms with Crippen molar-refractivity contribution < 1.29 is 24.1 Å². The zero-order valence-electron chi connectivity index (χ0n) is 15.1. The van der Waals surface area contributed by atoms with Crippen LogP contribution in [0.25, 0.3) is 0 Å². The van der Waals surface area contributed by atoms with Crippen LogP contribution in [-0.4, -0.2) is 78.1 Å². The molecule has 0 aromatic heterocycles. The molecule has 0 bridgehead atoms. The van der Waals surface area contributed by atoms with Crippen LogP contribution in [0.5, 0.6) is 11.5 Å². The Morgan fingerprint density at radius 1 is 1.27 bits per heavy atom. The van der Waals surface area contributed by atoms with Gasteiger partial charge in [0.05, 0.1) is 6.54 Å². The van der Waals surface area contributed by atoms with Crippen molar-refractivity contribution in [2.75, 3.05) is 39.3 Å². The van der Waals surface area contributed by atoms with Gasteiger partial charge in [0.1, 0.15) is 18.3 Å². The second kappa shape index (κ2) is 6.96. The number of fused-ring (bicyclic) bond motifs is 1. The van der Waals surface area contributed by atoms with Gasteiger partial charge >= 0.3 is 6.09 Å². The van der Waals surface area contributed by atoms with Crippen molar-refractivity contribution >= 4 is 6.09 Å². The summed E-state index contributed by atoms with van der Waals surface area (Å²) < 4.78 is 17.2. The summed E-state index contributed by atoms with van der Waals surface area (Å²) in [6, 6.07) is 7.51. The lowest BCUT2D eigenvalue weighted by Gasteiger charge is -2.39. The van der Waals surface area contributed by atoms with Gasteiger partial charge < -0.3 is 29.1 Å². The highest BCUT2D eigenvalue weighted by molar-refractivity contribution is 5.70. The molecule has 3 aliphatic rings. The predicted octanol–water partition coefficient (Wildman–Crippen LogP) is 1.49. The lowest BCUT2D eigenvalue weighted by Crippen LogP contribution is -2.51. The molecule has 1 amide bonds. The van der Waals surface area contributed by atoms with Crippen LogP contribution in [0.4, 0.5) is 4.79 Å². The quantitative estimate of drug-likeness (QED) is 0.875. The molecule has 3 aliphatic heterocycles. The van der Waals surface area contributed by atoms with Crippen LogP contribution in [0.3, 0.4) is 0 Å². The number of rotatable bonds is 4. The molecular formula is C19H26N2O5. The summed E-state index contributed by atoms with van der Waals surface area (Å²) in [6.07, 6.45) is 0.392. The molecule has 2 unspecified atom stereocenters. The molecule has 7 nitrogen and oxygen atoms in total. The summed E-state index contributed by atoms with van der Waals surface area (Å²) in [7, 11) is 0. The monoisotopic (exact) mass is 362 g/mol. The number of aliphatic hydroxyl groups excluding tert-OH is 1. The fourth-order valence-corrected chi connectivity index (χ4v) is 3.95. The molecule has 1 N–H and O–H groups in total. The topological polar surface area (TPSA) is 71.5 Å². The highest BCUT2D eigenvalue weighted by Crippen LogP contribution is 2.34. The average Bonchev–Trinajstić information content (AvgIpc) is 2.98. The van der Waals surface area contributed by atoms with Gasteiger partial charge in [-0.05, 0) is 19.1 Å². The smallest absolute Gasteiger partial charge is 0.410 e. The molecule has 0 aliphatic carbocycles. The second-order valence-corrected chi connectivity index (χ2v) is 7.35. The third kappa shape index (κ3) is 3.33. The number of likely N-dealkylation sites (N-methyl/N-ethyl adjacent to an activating group) is 1. The number of piperidine rings is 1. The normalized spacial score (nSPS) is 26.0. The molecule has 4 rings (SSSR count). The van der Waals surface area contributed by atoms with Crippen molar-refractivity contribution in [1.29, 1.82) is 0 Å². The summed E-state index contributed by atoms with van der Waals surface area (Å²) in [5.74, 6) is 1.40. The third-order valence-electron chi connectivity index (χ3n) is 5.60. The Labute approximate surface area is 153 Å². The van der Waals surface area contributed by atoms with E-state index in [4.69, 9.17) is 14.2 Å². The second-order valence-electron chi connectivity index (χ2n) is 7.35. The minimum atomic E-state index is -0.629. The number of β-amino-alcohol motifs (C(OH)–C–C–N with tert-alkyl or cyclic N) is 1. The fourth-order valence-electron chi connectivity index (χ4n) is 3.95. The van der Waals surface area contributed by atoms with E-state index in [1.807, 2.05) is 31.2 Å². The maximum atomic E-state index is 11.9. The summed E-state index contributed by atoms with van der Waals surface area (Å²) in [4.78, 5) is 15.8. The summed E-state index contributed by atoms with van der Waals surface area (Å²) in [6.45, 7) is 5.80. The van der Waals surface area contributed by atoms with E-state index in [-0.39, 0.29) is 17.8 Å². The van der Waals surface area contributed by atoms with Gasteiger partial charge in [0, 0.05) is 39.0 Å². The first-order valence-corrected chi connectivity index (χ1v) is 9.35. The summed E-state index contributed by atoms with van der Waals surface area (Å²) in [5.41, 5.74) is -0.349. The zero-order chi connectivity index (χ0) is 18.1. The van der Waals surface area contributed by atoms with Crippen LogP contribution in [0.2, 0.25) is 0 Å². The van der Waals surface area contributed by atoms with Crippen molar-refractivity contribution in [3.63, 3.8) is 0 Å². The molecule has 2 atom stereocenters. The number of nitrogens with zero attached hydrogens (tertiary/aromatic N) is 2. The lowest BCUT2D eigenvalue weighted by atomic mass is 9.91. The number of ether oxygens (including phenoxy) is 3. The maximum Gasteiger partial charge on any atom is 0.410 e. The van der Waals surface area contributed by atoms with Gasteiger partial charge in [0.15, 0.2) is 17.6 Å². The fraction of sp³-hybridized carbons (Fsp3) is 0.632. The zero-order valence-corrected chi connectivity index (χ0v) is 15.1. The van der Waals surface area contributed by atoms with E-state index in [0.29, 0.717) is 32.0 Å². The number of hydrogen-bond acceptors (Lipinski definition) is 6. The van der Waals surface area contributed by atoms with Gasteiger partial charge in [-0.25, -0.2) is 4.79 Å². The number of hydrogen-bond donors (Lipinski definition) is 1. The predicted molar refractivity (Wildman–Crippen MR) is 94.5 cm³/mol. The van der Waals surface area contributed by atoms with E-state index in [1.165, 1.54) is 0 Å². The van der Waals surface area contributed by atoms with E-state index >= 15 is 0 Å². The first kappa shape index (κ1) is 17.4. The third-order valence-corrected chi connectivity index (χ3v) is 5.60. The van der Waals surface area contributed by atoms with Gasteiger partial charge in [-0.15, -0.1) is 0 Å². The van der Waals surface area contributed by atoms with Crippen LogP contribution in [0.15, 0.2) is 24.3 Å². The van der Waals surface area contributed by atoms with E-state index in [2.05, 4.69) is 4.90 Å². The standard InChI is InChI=1S/C19H26N2O5/c1-2-21-13-19(26-18(21)23)7-9-20(10-8-19)11-14(22)17-12-24-15-5-3-4-6-16(15)25-17/h3-6,14,17,22H,2,7-13H2,1H3. The highest BCUT2D eigenvalue weighted by atomic mass is 16.6. The molecule has 1 aromatic rings. The van der Waals surface area contributed by atoms with E-state index in [0.717, 1.165) is 31.7 Å². The minimum Gasteiger partial charge on any atom is -0.486 e. The first-order chi connectivity index (χ1) is 12.6. The number of carbonyl (C=O) groups is 1. The largest absolute Gasteiger partial charge is 0.486 e. The molecule has 2 saturated heterocycles. The molecule has 3 heterocycles. The molecule has 0 radical (unpaired) electrons. The van der Waals surface area contributed by atoms with Gasteiger partial charge in [0.2, 0.25) is 0 Å². The number of amides is 1. The molecule has 142 valence electrons. The van der Waals surface area contributed by atoms with Crippen molar-refractivity contribution in [1.82, 2.24) is 9.80 Å². The summed E-state index contributed by atoms with van der Waals surface area (Å²) >= 11 is 0. The average molecular weight is 362 g/mol. The van der Waals surface area contributed by atoms with E-state index < -0.39 is 6.10 Å². The number of benzene rings is 1. The number of para-hydroxylation sites is 2. The van der Waals surface area contributed by atoms with Crippen LogP contribution < -0.4 is 9.47 Å². The van der Waals surface area contributed by atoms with Crippen LogP contribution in [-0.2, 0) is 4.74 Å². The van der Waals surface area contributed by atoms with Crippen molar-refractivity contribution in [3.8, 4) is 11.5 Å². The van der Waals surface area contributed by atoms with Gasteiger partial charge in [-0.2, -0.15) is 0 Å².